The number of hydrogen-bond donors (Lipinski definition) is 1. The molecule has 0 bridgehead atoms. The van der Waals surface area contributed by atoms with Crippen LogP contribution < -0.4 is 20.4 Å². The summed E-state index contributed by atoms with van der Waals surface area (Å²) in [5.74, 6) is 1.36. The molecule has 6 nitrogen and oxygen atoms in total. The van der Waals surface area contributed by atoms with Gasteiger partial charge in [0.1, 0.15) is 5.58 Å². The normalized spacial score (nSPS) is 12.3. The molecular formula is C19H15NO5. The van der Waals surface area contributed by atoms with E-state index in [0.29, 0.717) is 29.9 Å². The predicted octanol–water partition coefficient (Wildman–Crippen LogP) is 3.09. The summed E-state index contributed by atoms with van der Waals surface area (Å²) in [5, 5.41) is 3.61. The van der Waals surface area contributed by atoms with E-state index < -0.39 is 5.63 Å². The van der Waals surface area contributed by atoms with E-state index in [1.165, 1.54) is 6.07 Å². The molecule has 2 heterocycles. The summed E-state index contributed by atoms with van der Waals surface area (Å²) in [5.41, 5.74) is 1.77. The van der Waals surface area contributed by atoms with Gasteiger partial charge in [-0.2, -0.15) is 0 Å². The highest BCUT2D eigenvalue weighted by Gasteiger charge is 2.13. The van der Waals surface area contributed by atoms with E-state index in [9.17, 15) is 9.59 Å². The van der Waals surface area contributed by atoms with E-state index in [2.05, 4.69) is 5.32 Å². The van der Waals surface area contributed by atoms with Crippen molar-refractivity contribution in [1.82, 2.24) is 0 Å². The van der Waals surface area contributed by atoms with Gasteiger partial charge in [0.15, 0.2) is 11.5 Å². The van der Waals surface area contributed by atoms with Gasteiger partial charge in [0.25, 0.3) is 0 Å². The Labute approximate surface area is 143 Å². The van der Waals surface area contributed by atoms with Gasteiger partial charge in [0, 0.05) is 23.6 Å². The Morgan fingerprint density at radius 2 is 1.88 bits per heavy atom. The highest BCUT2D eigenvalue weighted by Crippen LogP contribution is 2.32. The molecule has 4 rings (SSSR count). The van der Waals surface area contributed by atoms with Gasteiger partial charge in [0.2, 0.25) is 12.7 Å². The zero-order valence-electron chi connectivity index (χ0n) is 13.3. The van der Waals surface area contributed by atoms with Crippen molar-refractivity contribution >= 4 is 22.6 Å². The first kappa shape index (κ1) is 15.3. The summed E-state index contributed by atoms with van der Waals surface area (Å²) >= 11 is 0. The van der Waals surface area contributed by atoms with Gasteiger partial charge in [-0.05, 0) is 48.4 Å². The average molecular weight is 337 g/mol. The lowest BCUT2D eigenvalue weighted by Gasteiger charge is -2.07. The maximum atomic E-state index is 12.2. The van der Waals surface area contributed by atoms with Crippen molar-refractivity contribution < 1.29 is 18.7 Å². The van der Waals surface area contributed by atoms with Crippen LogP contribution in [0.4, 0.5) is 5.69 Å². The molecule has 1 N–H and O–H groups in total. The number of hydrogen-bond acceptors (Lipinski definition) is 5. The molecule has 0 fully saturated rings. The molecule has 0 saturated heterocycles. The lowest BCUT2D eigenvalue weighted by Crippen LogP contribution is -2.12. The molecular weight excluding hydrogens is 322 g/mol. The molecule has 1 aromatic heterocycles. The highest BCUT2D eigenvalue weighted by molar-refractivity contribution is 5.93. The summed E-state index contributed by atoms with van der Waals surface area (Å²) in [4.78, 5) is 23.4. The first-order valence-electron chi connectivity index (χ1n) is 7.90. The molecule has 1 aliphatic rings. The van der Waals surface area contributed by atoms with Crippen LogP contribution in [-0.2, 0) is 11.2 Å². The van der Waals surface area contributed by atoms with Crippen LogP contribution in [0.25, 0.3) is 11.0 Å². The summed E-state index contributed by atoms with van der Waals surface area (Å²) in [6, 6.07) is 13.9. The fourth-order valence-electron chi connectivity index (χ4n) is 2.73. The second kappa shape index (κ2) is 6.32. The average Bonchev–Trinajstić information content (AvgIpc) is 3.08. The topological polar surface area (TPSA) is 77.8 Å². The van der Waals surface area contributed by atoms with Gasteiger partial charge >= 0.3 is 5.63 Å². The van der Waals surface area contributed by atoms with Gasteiger partial charge in [-0.3, -0.25) is 4.79 Å². The van der Waals surface area contributed by atoms with Crippen molar-refractivity contribution in [2.75, 3.05) is 12.1 Å². The zero-order valence-corrected chi connectivity index (χ0v) is 13.3. The smallest absolute Gasteiger partial charge is 0.336 e. The molecule has 2 aromatic carbocycles. The predicted molar refractivity (Wildman–Crippen MR) is 92.0 cm³/mol. The van der Waals surface area contributed by atoms with Crippen LogP contribution in [0.1, 0.15) is 12.0 Å². The number of fused-ring (bicyclic) bond motifs is 2. The molecule has 0 aliphatic carbocycles. The van der Waals surface area contributed by atoms with E-state index in [4.69, 9.17) is 13.9 Å². The number of rotatable bonds is 4. The third-order valence-corrected chi connectivity index (χ3v) is 3.98. The SMILES string of the molecule is O=C(CCc1ccc2c(c1)OCO2)Nc1ccc2oc(=O)ccc2c1. The molecule has 0 saturated carbocycles. The van der Waals surface area contributed by atoms with Crippen molar-refractivity contribution in [1.29, 1.82) is 0 Å². The number of anilines is 1. The van der Waals surface area contributed by atoms with E-state index in [0.717, 1.165) is 16.7 Å². The van der Waals surface area contributed by atoms with Gasteiger partial charge in [0.05, 0.1) is 0 Å². The van der Waals surface area contributed by atoms with Gasteiger partial charge < -0.3 is 19.2 Å². The summed E-state index contributed by atoms with van der Waals surface area (Å²) in [7, 11) is 0. The lowest BCUT2D eigenvalue weighted by molar-refractivity contribution is -0.116. The van der Waals surface area contributed by atoms with Gasteiger partial charge in [-0.1, -0.05) is 6.07 Å². The lowest BCUT2D eigenvalue weighted by atomic mass is 10.1. The van der Waals surface area contributed by atoms with Gasteiger partial charge in [-0.25, -0.2) is 4.79 Å². The Balaban J connectivity index is 1.40. The Hall–Kier alpha value is -3.28. The molecule has 6 heteroatoms. The molecule has 1 aliphatic heterocycles. The maximum Gasteiger partial charge on any atom is 0.336 e. The summed E-state index contributed by atoms with van der Waals surface area (Å²) in [6.45, 7) is 0.237. The largest absolute Gasteiger partial charge is 0.454 e. The first-order valence-corrected chi connectivity index (χ1v) is 7.90. The summed E-state index contributed by atoms with van der Waals surface area (Å²) in [6.07, 6.45) is 0.951. The fraction of sp³-hybridized carbons (Fsp3) is 0.158. The van der Waals surface area contributed by atoms with Crippen LogP contribution in [0.3, 0.4) is 0 Å². The van der Waals surface area contributed by atoms with Crippen LogP contribution in [0.5, 0.6) is 11.5 Å². The molecule has 1 amide bonds. The zero-order chi connectivity index (χ0) is 17.2. The molecule has 3 aromatic rings. The fourth-order valence-corrected chi connectivity index (χ4v) is 2.73. The molecule has 0 spiro atoms. The second-order valence-corrected chi connectivity index (χ2v) is 5.74. The van der Waals surface area contributed by atoms with Crippen molar-refractivity contribution in [2.45, 2.75) is 12.8 Å². The number of ether oxygens (including phenoxy) is 2. The minimum Gasteiger partial charge on any atom is -0.454 e. The molecule has 0 unspecified atom stereocenters. The molecule has 25 heavy (non-hydrogen) atoms. The Kier molecular flexibility index (Phi) is 3.85. The van der Waals surface area contributed by atoms with Crippen LogP contribution in [0.15, 0.2) is 57.7 Å². The van der Waals surface area contributed by atoms with E-state index in [-0.39, 0.29) is 12.7 Å². The number of amides is 1. The molecule has 0 atom stereocenters. The quantitative estimate of drug-likeness (QED) is 0.740. The van der Waals surface area contributed by atoms with Crippen molar-refractivity contribution in [3.05, 3.63) is 64.5 Å². The first-order chi connectivity index (χ1) is 12.2. The maximum absolute atomic E-state index is 12.2. The number of carbonyl (C=O) groups is 1. The van der Waals surface area contributed by atoms with Crippen LogP contribution in [0, 0.1) is 0 Å². The summed E-state index contributed by atoms with van der Waals surface area (Å²) < 4.78 is 15.7. The molecule has 126 valence electrons. The third kappa shape index (κ3) is 3.33. The van der Waals surface area contributed by atoms with Gasteiger partial charge in [-0.15, -0.1) is 0 Å². The monoisotopic (exact) mass is 337 g/mol. The van der Waals surface area contributed by atoms with Crippen molar-refractivity contribution in [3.8, 4) is 11.5 Å². The standard InChI is InChI=1S/C19H15NO5/c21-18(7-2-12-1-5-16-17(9-12)24-11-23-16)20-14-4-6-15-13(10-14)3-8-19(22)25-15/h1,3-6,8-10H,2,7,11H2,(H,20,21). The number of carbonyl (C=O) groups excluding carboxylic acids is 1. The van der Waals surface area contributed by atoms with E-state index in [1.807, 2.05) is 18.2 Å². The number of benzene rings is 2. The van der Waals surface area contributed by atoms with Crippen molar-refractivity contribution in [3.63, 3.8) is 0 Å². The Morgan fingerprint density at radius 1 is 1.00 bits per heavy atom. The van der Waals surface area contributed by atoms with Crippen molar-refractivity contribution in [2.24, 2.45) is 0 Å². The third-order valence-electron chi connectivity index (χ3n) is 3.98. The Bertz CT molecular complexity index is 1010. The number of nitrogens with one attached hydrogen (secondary N) is 1. The molecule has 0 radical (unpaired) electrons. The van der Waals surface area contributed by atoms with E-state index >= 15 is 0 Å². The van der Waals surface area contributed by atoms with E-state index in [1.54, 1.807) is 24.3 Å². The minimum atomic E-state index is -0.395. The number of aryl methyl sites for hydroxylation is 1. The second-order valence-electron chi connectivity index (χ2n) is 5.74. The minimum absolute atomic E-state index is 0.0885. The van der Waals surface area contributed by atoms with Crippen LogP contribution in [0.2, 0.25) is 0 Å². The van der Waals surface area contributed by atoms with Crippen LogP contribution >= 0.6 is 0 Å². The highest BCUT2D eigenvalue weighted by atomic mass is 16.7. The van der Waals surface area contributed by atoms with Crippen LogP contribution in [-0.4, -0.2) is 12.7 Å². The Morgan fingerprint density at radius 3 is 2.80 bits per heavy atom.